The highest BCUT2D eigenvalue weighted by Crippen LogP contribution is 2.31. The lowest BCUT2D eigenvalue weighted by Gasteiger charge is -2.26. The molecule has 1 unspecified atom stereocenters. The highest BCUT2D eigenvalue weighted by Gasteiger charge is 2.47. The second kappa shape index (κ2) is 7.52. The summed E-state index contributed by atoms with van der Waals surface area (Å²) < 4.78 is 6.05. The van der Waals surface area contributed by atoms with E-state index < -0.39 is 17.9 Å². The number of rotatable bonds is 6. The van der Waals surface area contributed by atoms with Gasteiger partial charge in [-0.3, -0.25) is 14.4 Å². The number of hydrogen-bond donors (Lipinski definition) is 0. The van der Waals surface area contributed by atoms with Crippen molar-refractivity contribution in [1.29, 1.82) is 0 Å². The normalized spacial score (nSPS) is 20.0. The van der Waals surface area contributed by atoms with Gasteiger partial charge in [0.05, 0.1) is 26.5 Å². The van der Waals surface area contributed by atoms with E-state index in [2.05, 4.69) is 4.99 Å². The number of nitrogens with zero attached hydrogens (tertiary/aromatic N) is 3. The molecule has 1 atom stereocenters. The molecule has 0 fully saturated rings. The number of Topliss-reactive ketones (excluding diaryl/α,β-unsaturated/α-hetero) is 1. The monoisotopic (exact) mass is 352 g/mol. The van der Waals surface area contributed by atoms with Crippen molar-refractivity contribution in [3.63, 3.8) is 0 Å². The van der Waals surface area contributed by atoms with E-state index in [4.69, 9.17) is 4.74 Å². The molecular formula is C15H18N3O5S+. The number of carbonyl (C=O) groups excluding carboxylic acids is 4. The minimum absolute atomic E-state index is 0.0386. The van der Waals surface area contributed by atoms with Gasteiger partial charge in [-0.05, 0) is 13.0 Å². The van der Waals surface area contributed by atoms with Crippen LogP contribution >= 0.6 is 11.8 Å². The van der Waals surface area contributed by atoms with Gasteiger partial charge in [-0.2, -0.15) is 9.48 Å². The van der Waals surface area contributed by atoms with E-state index in [1.165, 1.54) is 29.6 Å². The lowest BCUT2D eigenvalue weighted by Crippen LogP contribution is -2.52. The van der Waals surface area contributed by atoms with Gasteiger partial charge in [0.25, 0.3) is 5.84 Å². The molecule has 8 nitrogen and oxygen atoms in total. The van der Waals surface area contributed by atoms with E-state index in [0.29, 0.717) is 10.7 Å². The molecule has 0 aromatic rings. The van der Waals surface area contributed by atoms with Gasteiger partial charge in [0, 0.05) is 4.91 Å². The van der Waals surface area contributed by atoms with Crippen LogP contribution in [-0.4, -0.2) is 71.7 Å². The standard InChI is InChI=1S/C15H18N3O5S/c1-4-23-11(20)7-9(19)8-24-10-5-6-16-13-12(10)14(21)18(3)15(22)17(13)2/h5-6,12H,4,7-8H2,1-3H3/q+1. The zero-order valence-electron chi connectivity index (χ0n) is 13.6. The molecule has 3 amide bonds. The van der Waals surface area contributed by atoms with Crippen molar-refractivity contribution in [3.05, 3.63) is 11.0 Å². The average molecular weight is 352 g/mol. The van der Waals surface area contributed by atoms with E-state index in [-0.39, 0.29) is 30.5 Å². The minimum Gasteiger partial charge on any atom is -0.466 e. The molecule has 2 rings (SSSR count). The van der Waals surface area contributed by atoms with Crippen molar-refractivity contribution in [1.82, 2.24) is 4.90 Å². The number of urea groups is 1. The van der Waals surface area contributed by atoms with Crippen LogP contribution in [0.3, 0.4) is 0 Å². The van der Waals surface area contributed by atoms with E-state index in [1.807, 2.05) is 0 Å². The van der Waals surface area contributed by atoms with Crippen LogP contribution in [0.2, 0.25) is 0 Å². The summed E-state index contributed by atoms with van der Waals surface area (Å²) in [5.41, 5.74) is 0. The minimum atomic E-state index is -0.705. The van der Waals surface area contributed by atoms with Gasteiger partial charge in [0.1, 0.15) is 12.6 Å². The smallest absolute Gasteiger partial charge is 0.445 e. The van der Waals surface area contributed by atoms with E-state index in [9.17, 15) is 19.2 Å². The molecule has 0 bridgehead atoms. The van der Waals surface area contributed by atoms with Gasteiger partial charge in [0.2, 0.25) is 0 Å². The van der Waals surface area contributed by atoms with Crippen molar-refractivity contribution in [2.75, 3.05) is 26.5 Å². The van der Waals surface area contributed by atoms with Crippen LogP contribution in [0, 0.1) is 5.92 Å². The van der Waals surface area contributed by atoms with Crippen LogP contribution in [0.1, 0.15) is 13.3 Å². The molecule has 128 valence electrons. The van der Waals surface area contributed by atoms with Gasteiger partial charge < -0.3 is 4.74 Å². The number of aliphatic imine (C=N–C) groups is 1. The fraction of sp³-hybridized carbons (Fsp3) is 0.467. The fourth-order valence-electron chi connectivity index (χ4n) is 2.33. The van der Waals surface area contributed by atoms with Crippen molar-refractivity contribution in [2.24, 2.45) is 10.9 Å². The zero-order chi connectivity index (χ0) is 17.9. The summed E-state index contributed by atoms with van der Waals surface area (Å²) in [6.45, 7) is 1.89. The van der Waals surface area contributed by atoms with Crippen LogP contribution in [0.4, 0.5) is 4.79 Å². The Morgan fingerprint density at radius 3 is 2.79 bits per heavy atom. The Kier molecular flexibility index (Phi) is 5.66. The Balaban J connectivity index is 2.09. The van der Waals surface area contributed by atoms with Crippen LogP contribution in [0.5, 0.6) is 0 Å². The van der Waals surface area contributed by atoms with Crippen molar-refractivity contribution in [3.8, 4) is 0 Å². The lowest BCUT2D eigenvalue weighted by molar-refractivity contribution is -0.407. The molecule has 2 aliphatic rings. The zero-order valence-corrected chi connectivity index (χ0v) is 14.5. The summed E-state index contributed by atoms with van der Waals surface area (Å²) in [6, 6.07) is -0.451. The third-order valence-electron chi connectivity index (χ3n) is 3.53. The van der Waals surface area contributed by atoms with Crippen LogP contribution in [0.15, 0.2) is 16.0 Å². The van der Waals surface area contributed by atoms with Crippen LogP contribution < -0.4 is 0 Å². The van der Waals surface area contributed by atoms with Crippen molar-refractivity contribution in [2.45, 2.75) is 13.3 Å². The number of amidine groups is 1. The van der Waals surface area contributed by atoms with E-state index in [1.54, 1.807) is 20.0 Å². The maximum absolute atomic E-state index is 12.4. The number of fused-ring (bicyclic) bond motifs is 1. The predicted octanol–water partition coefficient (Wildman–Crippen LogP) is 0.459. The highest BCUT2D eigenvalue weighted by atomic mass is 32.2. The number of ketones is 1. The fourth-order valence-corrected chi connectivity index (χ4v) is 3.29. The molecule has 0 saturated heterocycles. The Morgan fingerprint density at radius 2 is 2.12 bits per heavy atom. The van der Waals surface area contributed by atoms with Crippen LogP contribution in [-0.2, 0) is 19.1 Å². The first-order valence-electron chi connectivity index (χ1n) is 7.33. The second-order valence-electron chi connectivity index (χ2n) is 5.19. The van der Waals surface area contributed by atoms with Crippen molar-refractivity contribution < 1.29 is 28.5 Å². The largest absolute Gasteiger partial charge is 0.466 e. The first-order valence-corrected chi connectivity index (χ1v) is 8.31. The van der Waals surface area contributed by atoms with Crippen molar-refractivity contribution >= 4 is 47.5 Å². The summed E-state index contributed by atoms with van der Waals surface area (Å²) in [5.74, 6) is -1.56. The predicted molar refractivity (Wildman–Crippen MR) is 88.1 cm³/mol. The molecule has 0 aliphatic carbocycles. The highest BCUT2D eigenvalue weighted by molar-refractivity contribution is 8.03. The molecule has 0 aromatic carbocycles. The molecule has 0 spiro atoms. The molecule has 2 aliphatic heterocycles. The number of esters is 1. The number of hydrogen-bond acceptors (Lipinski definition) is 7. The quantitative estimate of drug-likeness (QED) is 0.391. The van der Waals surface area contributed by atoms with Gasteiger partial charge in [0.15, 0.2) is 11.7 Å². The van der Waals surface area contributed by atoms with E-state index >= 15 is 0 Å². The number of thioether (sulfide) groups is 1. The second-order valence-corrected chi connectivity index (χ2v) is 6.24. The summed E-state index contributed by atoms with van der Waals surface area (Å²) >= 11 is 1.17. The third kappa shape index (κ3) is 3.61. The molecule has 0 aromatic heterocycles. The topological polar surface area (TPSA) is 96.1 Å². The molecule has 9 heteroatoms. The summed E-state index contributed by atoms with van der Waals surface area (Å²) in [6.07, 6.45) is 2.84. The first kappa shape index (κ1) is 18.1. The Labute approximate surface area is 143 Å². The number of allylic oxidation sites excluding steroid dienone is 1. The van der Waals surface area contributed by atoms with Gasteiger partial charge >= 0.3 is 17.9 Å². The molecule has 0 radical (unpaired) electrons. The molecule has 0 N–H and O–H groups in total. The maximum Gasteiger partial charge on any atom is 0.445 e. The summed E-state index contributed by atoms with van der Waals surface area (Å²) in [7, 11) is 2.95. The number of dihydropyridines is 1. The van der Waals surface area contributed by atoms with E-state index in [0.717, 1.165) is 4.90 Å². The SMILES string of the molecule is CCOC(=O)CC(=O)CSC1=CC=NC2=[N+](C)C(=O)N(C)C(=O)C12. The third-order valence-corrected chi connectivity index (χ3v) is 4.70. The Morgan fingerprint density at radius 1 is 1.42 bits per heavy atom. The molecule has 24 heavy (non-hydrogen) atoms. The lowest BCUT2D eigenvalue weighted by atomic mass is 10.0. The van der Waals surface area contributed by atoms with Gasteiger partial charge in [-0.25, -0.2) is 4.79 Å². The summed E-state index contributed by atoms with van der Waals surface area (Å²) in [5, 5.41) is 0. The Hall–Kier alpha value is -2.29. The first-order chi connectivity index (χ1) is 11.4. The van der Waals surface area contributed by atoms with Gasteiger partial charge in [-0.1, -0.05) is 0 Å². The Bertz CT molecular complexity index is 695. The maximum atomic E-state index is 12.4. The van der Waals surface area contributed by atoms with Gasteiger partial charge in [-0.15, -0.1) is 16.8 Å². The average Bonchev–Trinajstić information content (AvgIpc) is 2.56. The molecule has 2 heterocycles. The van der Waals surface area contributed by atoms with Crippen LogP contribution in [0.25, 0.3) is 0 Å². The number of carbonyl (C=O) groups is 4. The number of amides is 3. The molecule has 0 saturated carbocycles. The number of imide groups is 1. The molecular weight excluding hydrogens is 334 g/mol. The summed E-state index contributed by atoms with van der Waals surface area (Å²) in [4.78, 5) is 53.3. The number of ether oxygens (including phenoxy) is 1.